The van der Waals surface area contributed by atoms with Gasteiger partial charge >= 0.3 is 11.9 Å². The minimum Gasteiger partial charge on any atom is -0.480 e. The van der Waals surface area contributed by atoms with Gasteiger partial charge in [-0.1, -0.05) is 21.6 Å². The van der Waals surface area contributed by atoms with Gasteiger partial charge in [0.1, 0.15) is 24.2 Å². The number of amides is 6. The predicted molar refractivity (Wildman–Crippen MR) is 222 cm³/mol. The number of nitrogens with two attached hydrogens (primary N) is 4. The van der Waals surface area contributed by atoms with Crippen LogP contribution in [0.3, 0.4) is 0 Å². The molecule has 0 saturated heterocycles. The summed E-state index contributed by atoms with van der Waals surface area (Å²) in [6.07, 6.45) is 3.81. The van der Waals surface area contributed by atoms with Gasteiger partial charge in [-0.2, -0.15) is 0 Å². The fraction of sp³-hybridized carbons (Fsp3) is 0.765. The highest BCUT2D eigenvalue weighted by Gasteiger charge is 2.26. The van der Waals surface area contributed by atoms with Crippen molar-refractivity contribution in [2.45, 2.75) is 88.4 Å². The Kier molecular flexibility index (Phi) is 32.9. The molecule has 0 unspecified atom stereocenters. The zero-order valence-corrected chi connectivity index (χ0v) is 34.8. The largest absolute Gasteiger partial charge is 0.480 e. The molecule has 24 heteroatoms. The minimum atomic E-state index is -1.29. The summed E-state index contributed by atoms with van der Waals surface area (Å²) in [6.45, 7) is 4.39. The summed E-state index contributed by atoms with van der Waals surface area (Å²) in [6, 6.07) is -4.97. The molecule has 0 aromatic carbocycles. The molecule has 0 spiro atoms. The highest BCUT2D eigenvalue weighted by Crippen LogP contribution is 2.23. The average Bonchev–Trinajstić information content (AvgIpc) is 3.19. The van der Waals surface area contributed by atoms with Crippen molar-refractivity contribution < 1.29 is 48.6 Å². The lowest BCUT2D eigenvalue weighted by atomic mass is 10.1. The first-order valence-corrected chi connectivity index (χ1v) is 21.9. The summed E-state index contributed by atoms with van der Waals surface area (Å²) in [7, 11) is 2.10. The Morgan fingerprint density at radius 1 is 0.483 bits per heavy atom. The first-order valence-electron chi connectivity index (χ1n) is 19.4. The lowest BCUT2D eigenvalue weighted by Gasteiger charge is -2.20. The number of aliphatic carboxylic acids is 2. The van der Waals surface area contributed by atoms with Crippen LogP contribution in [0.5, 0.6) is 0 Å². The first-order chi connectivity index (χ1) is 27.7. The van der Waals surface area contributed by atoms with E-state index in [0.29, 0.717) is 39.0 Å². The van der Waals surface area contributed by atoms with Crippen molar-refractivity contribution in [2.24, 2.45) is 22.9 Å². The monoisotopic (exact) mass is 866 g/mol. The number of nitrogens with one attached hydrogen (secondary N) is 8. The van der Waals surface area contributed by atoms with Gasteiger partial charge in [-0.3, -0.25) is 38.4 Å². The van der Waals surface area contributed by atoms with Crippen molar-refractivity contribution in [1.29, 1.82) is 0 Å². The van der Waals surface area contributed by atoms with Crippen molar-refractivity contribution in [3.8, 4) is 0 Å². The number of unbranched alkanes of at least 4 members (excludes halogenated alkanes) is 2. The van der Waals surface area contributed by atoms with Crippen LogP contribution < -0.4 is 65.5 Å². The molecule has 22 nitrogen and oxygen atoms in total. The molecule has 0 rings (SSSR count). The van der Waals surface area contributed by atoms with Crippen LogP contribution >= 0.6 is 21.6 Å². The maximum absolute atomic E-state index is 13.1. The molecule has 0 aliphatic heterocycles. The normalized spacial score (nSPS) is 13.0. The lowest BCUT2D eigenvalue weighted by molar-refractivity contribution is -0.140. The van der Waals surface area contributed by atoms with Gasteiger partial charge < -0.3 is 75.7 Å². The Morgan fingerprint density at radius 2 is 0.828 bits per heavy atom. The maximum atomic E-state index is 13.1. The van der Waals surface area contributed by atoms with E-state index in [9.17, 15) is 38.4 Å². The van der Waals surface area contributed by atoms with Crippen LogP contribution in [-0.2, 0) is 38.4 Å². The molecule has 0 bridgehead atoms. The summed E-state index contributed by atoms with van der Waals surface area (Å²) < 4.78 is 0. The molecule has 0 aliphatic carbocycles. The summed E-state index contributed by atoms with van der Waals surface area (Å²) in [4.78, 5) is 98.4. The van der Waals surface area contributed by atoms with Crippen molar-refractivity contribution in [2.75, 3.05) is 77.0 Å². The minimum absolute atomic E-state index is 0.0767. The van der Waals surface area contributed by atoms with Crippen LogP contribution in [0, 0.1) is 0 Å². The van der Waals surface area contributed by atoms with Gasteiger partial charge in [0.15, 0.2) is 0 Å². The van der Waals surface area contributed by atoms with E-state index in [-0.39, 0.29) is 50.3 Å². The van der Waals surface area contributed by atoms with E-state index < -0.39 is 71.5 Å². The number of carboxylic acid groups (broad SMARTS) is 2. The zero-order chi connectivity index (χ0) is 43.6. The van der Waals surface area contributed by atoms with Crippen molar-refractivity contribution in [3.63, 3.8) is 0 Å². The number of rotatable bonds is 37. The molecule has 0 aromatic heterocycles. The van der Waals surface area contributed by atoms with Crippen LogP contribution in [-0.4, -0.2) is 159 Å². The lowest BCUT2D eigenvalue weighted by Crippen LogP contribution is -2.51. The van der Waals surface area contributed by atoms with E-state index in [0.717, 1.165) is 73.5 Å². The number of hydrogen-bond donors (Lipinski definition) is 14. The van der Waals surface area contributed by atoms with E-state index in [4.69, 9.17) is 33.1 Å². The quantitative estimate of drug-likeness (QED) is 0.0207. The molecule has 334 valence electrons. The second-order valence-electron chi connectivity index (χ2n) is 13.1. The Bertz CT molecular complexity index is 1160. The van der Waals surface area contributed by atoms with Crippen molar-refractivity contribution >= 4 is 69.0 Å². The van der Waals surface area contributed by atoms with Gasteiger partial charge in [-0.05, 0) is 90.6 Å². The van der Waals surface area contributed by atoms with Gasteiger partial charge in [-0.15, -0.1) is 0 Å². The Balaban J connectivity index is 5.32. The van der Waals surface area contributed by atoms with Crippen LogP contribution in [0.2, 0.25) is 0 Å². The fourth-order valence-corrected chi connectivity index (χ4v) is 6.90. The average molecular weight is 867 g/mol. The molecule has 0 heterocycles. The van der Waals surface area contributed by atoms with Crippen LogP contribution in [0.15, 0.2) is 0 Å². The summed E-state index contributed by atoms with van der Waals surface area (Å²) in [5.41, 5.74) is 21.9. The topological polar surface area (TPSA) is 377 Å². The standard InChI is InChI=1S/C34H66N12O10S2/c35-11-5-15-39-13-1-3-17-41-29(49)19-43-31(51)25(45-27(47)9-7-23(37)33(53)54)21-57-58-22-26(46-28(48)10-8-24(38)34(55)56)32(52)44-20-30(50)42-18-4-2-14-40-16-6-12-36/h23-26,39-40H,1-22,35-38H2,(H,41,49)(H,42,50)(H,43,51)(H,44,52)(H,45,47)(H,46,48)(H,53,54)(H,55,56)/t23-,24-,25-,26-/m0/s1. The van der Waals surface area contributed by atoms with Crippen LogP contribution in [0.1, 0.15) is 64.2 Å². The molecule has 0 radical (unpaired) electrons. The van der Waals surface area contributed by atoms with Gasteiger partial charge in [0.2, 0.25) is 35.4 Å². The molecule has 6 amide bonds. The van der Waals surface area contributed by atoms with E-state index in [1.807, 2.05) is 0 Å². The molecular weight excluding hydrogens is 801 g/mol. The van der Waals surface area contributed by atoms with E-state index >= 15 is 0 Å². The maximum Gasteiger partial charge on any atom is 0.320 e. The van der Waals surface area contributed by atoms with Gasteiger partial charge in [0.25, 0.3) is 0 Å². The highest BCUT2D eigenvalue weighted by molar-refractivity contribution is 8.76. The van der Waals surface area contributed by atoms with Gasteiger partial charge in [0.05, 0.1) is 13.1 Å². The molecule has 0 fully saturated rings. The third-order valence-electron chi connectivity index (χ3n) is 8.02. The van der Waals surface area contributed by atoms with Gasteiger partial charge in [0, 0.05) is 37.4 Å². The Hall–Kier alpha value is -3.78. The predicted octanol–water partition coefficient (Wildman–Crippen LogP) is -4.38. The molecule has 4 atom stereocenters. The summed E-state index contributed by atoms with van der Waals surface area (Å²) in [5.74, 6) is -6.35. The second kappa shape index (κ2) is 35.2. The number of carbonyl (C=O) groups is 8. The summed E-state index contributed by atoms with van der Waals surface area (Å²) >= 11 is 0. The smallest absolute Gasteiger partial charge is 0.320 e. The zero-order valence-electron chi connectivity index (χ0n) is 33.2. The fourth-order valence-electron chi connectivity index (χ4n) is 4.57. The van der Waals surface area contributed by atoms with Crippen LogP contribution in [0.4, 0.5) is 0 Å². The SMILES string of the molecule is NCCCNCCCCNC(=O)CNC(=O)[C@H](CSSC[C@H](NC(=O)CC[C@H](N)C(=O)O)C(=O)NCC(=O)NCCCCNCCCN)NC(=O)CC[C@H](N)C(=O)O. The van der Waals surface area contributed by atoms with Crippen molar-refractivity contribution in [1.82, 2.24) is 42.5 Å². The Labute approximate surface area is 347 Å². The van der Waals surface area contributed by atoms with E-state index in [1.54, 1.807) is 0 Å². The molecule has 0 saturated carbocycles. The number of carboxylic acids is 2. The third-order valence-corrected chi connectivity index (χ3v) is 10.4. The highest BCUT2D eigenvalue weighted by atomic mass is 33.1. The second-order valence-corrected chi connectivity index (χ2v) is 15.7. The third kappa shape index (κ3) is 30.3. The molecule has 0 aromatic rings. The van der Waals surface area contributed by atoms with E-state index in [2.05, 4.69) is 42.5 Å². The summed E-state index contributed by atoms with van der Waals surface area (Å²) in [5, 5.41) is 40.0. The number of hydrogen-bond acceptors (Lipinski definition) is 16. The molecule has 0 aliphatic rings. The molecular formula is C34H66N12O10S2. The number of carbonyl (C=O) groups excluding carboxylic acids is 6. The molecule has 18 N–H and O–H groups in total. The van der Waals surface area contributed by atoms with E-state index in [1.165, 1.54) is 0 Å². The first kappa shape index (κ1) is 54.2. The van der Waals surface area contributed by atoms with Crippen LogP contribution in [0.25, 0.3) is 0 Å². The Morgan fingerprint density at radius 3 is 1.17 bits per heavy atom. The van der Waals surface area contributed by atoms with Crippen molar-refractivity contribution in [3.05, 3.63) is 0 Å². The molecule has 58 heavy (non-hydrogen) atoms. The van der Waals surface area contributed by atoms with Gasteiger partial charge in [-0.25, -0.2) is 0 Å².